The van der Waals surface area contributed by atoms with E-state index in [0.29, 0.717) is 24.9 Å². The maximum absolute atomic E-state index is 12.5. The van der Waals surface area contributed by atoms with E-state index in [-0.39, 0.29) is 19.0 Å². The van der Waals surface area contributed by atoms with Gasteiger partial charge < -0.3 is 10.2 Å². The maximum Gasteiger partial charge on any atom is 0.335 e. The zero-order valence-electron chi connectivity index (χ0n) is 13.6. The van der Waals surface area contributed by atoms with Crippen LogP contribution in [-0.4, -0.2) is 77.7 Å². The van der Waals surface area contributed by atoms with Crippen LogP contribution < -0.4 is 5.32 Å². The van der Waals surface area contributed by atoms with Crippen LogP contribution in [0.15, 0.2) is 12.7 Å². The van der Waals surface area contributed by atoms with Gasteiger partial charge in [0.15, 0.2) is 0 Å². The molecule has 0 saturated carbocycles. The molecule has 3 aliphatic heterocycles. The Bertz CT molecular complexity index is 577. The molecule has 0 aliphatic carbocycles. The molecule has 0 unspecified atom stereocenters. The number of nitrogens with zero attached hydrogens (tertiary/aromatic N) is 3. The molecule has 0 aromatic heterocycles. The Morgan fingerprint density at radius 1 is 1.08 bits per heavy atom. The standard InChI is InChI=1S/C16H22N4O4/c1-2-5-19-14(22)15(23)20(16(19)24)10-13(21)18-6-3-11-8-17-9-12(11)4-7-18/h2,11-12,17H,1,3-10H2/t11-,12+. The zero-order chi connectivity index (χ0) is 17.3. The van der Waals surface area contributed by atoms with E-state index >= 15 is 0 Å². The van der Waals surface area contributed by atoms with Crippen LogP contribution in [0.3, 0.4) is 0 Å². The van der Waals surface area contributed by atoms with E-state index in [4.69, 9.17) is 0 Å². The normalized spacial score (nSPS) is 27.5. The molecule has 0 bridgehead atoms. The van der Waals surface area contributed by atoms with Gasteiger partial charge in [-0.1, -0.05) is 6.08 Å². The molecule has 3 rings (SSSR count). The fraction of sp³-hybridized carbons (Fsp3) is 0.625. The molecule has 8 heteroatoms. The van der Waals surface area contributed by atoms with Crippen LogP contribution >= 0.6 is 0 Å². The van der Waals surface area contributed by atoms with E-state index in [1.54, 1.807) is 4.90 Å². The molecule has 0 spiro atoms. The van der Waals surface area contributed by atoms with Crippen molar-refractivity contribution in [1.82, 2.24) is 20.0 Å². The highest BCUT2D eigenvalue weighted by atomic mass is 16.2. The smallest absolute Gasteiger partial charge is 0.335 e. The average molecular weight is 334 g/mol. The predicted molar refractivity (Wildman–Crippen MR) is 84.7 cm³/mol. The van der Waals surface area contributed by atoms with Crippen molar-refractivity contribution in [3.05, 3.63) is 12.7 Å². The summed E-state index contributed by atoms with van der Waals surface area (Å²) in [5.41, 5.74) is 0. The molecule has 0 aromatic rings. The van der Waals surface area contributed by atoms with Crippen LogP contribution in [0.5, 0.6) is 0 Å². The lowest BCUT2D eigenvalue weighted by Gasteiger charge is -2.23. The van der Waals surface area contributed by atoms with Gasteiger partial charge in [-0.05, 0) is 37.8 Å². The largest absolute Gasteiger partial charge is 0.341 e. The number of rotatable bonds is 4. The number of imide groups is 2. The number of carbonyl (C=O) groups excluding carboxylic acids is 4. The molecule has 0 aromatic carbocycles. The SMILES string of the molecule is C=CCN1C(=O)C(=O)N(CC(=O)N2CC[C@@H]3CNC[C@@H]3CC2)C1=O. The van der Waals surface area contributed by atoms with Crippen LogP contribution in [0.1, 0.15) is 12.8 Å². The Morgan fingerprint density at radius 2 is 1.67 bits per heavy atom. The van der Waals surface area contributed by atoms with Gasteiger partial charge in [0.05, 0.1) is 0 Å². The maximum atomic E-state index is 12.5. The van der Waals surface area contributed by atoms with Crippen molar-refractivity contribution < 1.29 is 19.2 Å². The molecule has 3 aliphatic rings. The van der Waals surface area contributed by atoms with Gasteiger partial charge >= 0.3 is 17.8 Å². The summed E-state index contributed by atoms with van der Waals surface area (Å²) in [6.45, 7) is 6.28. The van der Waals surface area contributed by atoms with Crippen molar-refractivity contribution in [1.29, 1.82) is 0 Å². The summed E-state index contributed by atoms with van der Waals surface area (Å²) >= 11 is 0. The zero-order valence-corrected chi connectivity index (χ0v) is 13.6. The fourth-order valence-electron chi connectivity index (χ4n) is 3.68. The van der Waals surface area contributed by atoms with Crippen LogP contribution in [0, 0.1) is 11.8 Å². The molecule has 24 heavy (non-hydrogen) atoms. The Morgan fingerprint density at radius 3 is 2.25 bits per heavy atom. The van der Waals surface area contributed by atoms with Crippen molar-refractivity contribution in [3.8, 4) is 0 Å². The minimum atomic E-state index is -0.939. The molecule has 3 heterocycles. The molecular formula is C16H22N4O4. The Hall–Kier alpha value is -2.22. The van der Waals surface area contributed by atoms with E-state index in [2.05, 4.69) is 11.9 Å². The van der Waals surface area contributed by atoms with Gasteiger partial charge in [-0.2, -0.15) is 0 Å². The van der Waals surface area contributed by atoms with Gasteiger partial charge in [-0.15, -0.1) is 6.58 Å². The number of carbonyl (C=O) groups is 4. The van der Waals surface area contributed by atoms with E-state index in [1.807, 2.05) is 0 Å². The van der Waals surface area contributed by atoms with Crippen molar-refractivity contribution in [3.63, 3.8) is 0 Å². The van der Waals surface area contributed by atoms with Crippen LogP contribution in [0.25, 0.3) is 0 Å². The summed E-state index contributed by atoms with van der Waals surface area (Å²) in [7, 11) is 0. The molecule has 0 radical (unpaired) electrons. The monoisotopic (exact) mass is 334 g/mol. The van der Waals surface area contributed by atoms with Gasteiger partial charge in [0.1, 0.15) is 6.54 Å². The van der Waals surface area contributed by atoms with E-state index in [1.165, 1.54) is 6.08 Å². The number of fused-ring (bicyclic) bond motifs is 1. The Balaban J connectivity index is 1.62. The average Bonchev–Trinajstić information content (AvgIpc) is 3.01. The summed E-state index contributed by atoms with van der Waals surface area (Å²) in [5, 5.41) is 3.38. The van der Waals surface area contributed by atoms with E-state index < -0.39 is 17.8 Å². The molecule has 2 atom stereocenters. The highest BCUT2D eigenvalue weighted by molar-refractivity contribution is 6.45. The fourth-order valence-corrected chi connectivity index (χ4v) is 3.68. The van der Waals surface area contributed by atoms with E-state index in [9.17, 15) is 19.2 Å². The third kappa shape index (κ3) is 2.93. The summed E-state index contributed by atoms with van der Waals surface area (Å²) in [6.07, 6.45) is 3.22. The third-order valence-corrected chi connectivity index (χ3v) is 5.11. The lowest BCUT2D eigenvalue weighted by molar-refractivity contribution is -0.144. The lowest BCUT2D eigenvalue weighted by atomic mass is 9.92. The molecule has 8 nitrogen and oxygen atoms in total. The minimum absolute atomic E-state index is 0.0336. The first kappa shape index (κ1) is 16.6. The minimum Gasteiger partial charge on any atom is -0.341 e. The van der Waals surface area contributed by atoms with Crippen LogP contribution in [0.4, 0.5) is 4.79 Å². The number of hydrogen-bond acceptors (Lipinski definition) is 5. The number of amides is 5. The first-order valence-corrected chi connectivity index (χ1v) is 8.29. The summed E-state index contributed by atoms with van der Waals surface area (Å²) in [4.78, 5) is 51.6. The first-order valence-electron chi connectivity index (χ1n) is 8.29. The summed E-state index contributed by atoms with van der Waals surface area (Å²) in [5.74, 6) is -0.946. The van der Waals surface area contributed by atoms with E-state index in [0.717, 1.165) is 35.7 Å². The molecule has 1 N–H and O–H groups in total. The number of urea groups is 1. The van der Waals surface area contributed by atoms with Crippen molar-refractivity contribution in [2.45, 2.75) is 12.8 Å². The van der Waals surface area contributed by atoms with Crippen LogP contribution in [0.2, 0.25) is 0 Å². The summed E-state index contributed by atoms with van der Waals surface area (Å²) in [6, 6.07) is -0.742. The van der Waals surface area contributed by atoms with Crippen molar-refractivity contribution in [2.24, 2.45) is 11.8 Å². The Labute approximate surface area is 140 Å². The highest BCUT2D eigenvalue weighted by Crippen LogP contribution is 2.27. The first-order chi connectivity index (χ1) is 11.5. The van der Waals surface area contributed by atoms with Gasteiger partial charge in [0.2, 0.25) is 5.91 Å². The third-order valence-electron chi connectivity index (χ3n) is 5.11. The number of nitrogens with one attached hydrogen (secondary N) is 1. The lowest BCUT2D eigenvalue weighted by Crippen LogP contribution is -2.44. The quantitative estimate of drug-likeness (QED) is 0.422. The van der Waals surface area contributed by atoms with Gasteiger partial charge in [0, 0.05) is 19.6 Å². The highest BCUT2D eigenvalue weighted by Gasteiger charge is 2.45. The molecule has 3 fully saturated rings. The van der Waals surface area contributed by atoms with Crippen LogP contribution in [-0.2, 0) is 14.4 Å². The van der Waals surface area contributed by atoms with Crippen molar-refractivity contribution in [2.75, 3.05) is 39.3 Å². The van der Waals surface area contributed by atoms with Gasteiger partial charge in [-0.25, -0.2) is 9.69 Å². The second kappa shape index (κ2) is 6.72. The number of hydrogen-bond donors (Lipinski definition) is 1. The Kier molecular flexibility index (Phi) is 4.66. The second-order valence-corrected chi connectivity index (χ2v) is 6.51. The van der Waals surface area contributed by atoms with Gasteiger partial charge in [0.25, 0.3) is 0 Å². The van der Waals surface area contributed by atoms with Crippen molar-refractivity contribution >= 4 is 23.8 Å². The molecular weight excluding hydrogens is 312 g/mol. The molecule has 130 valence electrons. The van der Waals surface area contributed by atoms with Gasteiger partial charge in [-0.3, -0.25) is 19.3 Å². The topological polar surface area (TPSA) is 90.0 Å². The molecule has 5 amide bonds. The number of likely N-dealkylation sites (tertiary alicyclic amines) is 1. The summed E-state index contributed by atoms with van der Waals surface area (Å²) < 4.78 is 0. The second-order valence-electron chi connectivity index (χ2n) is 6.51. The predicted octanol–water partition coefficient (Wildman–Crippen LogP) is -0.579. The molecule has 3 saturated heterocycles.